The Morgan fingerprint density at radius 2 is 2.00 bits per heavy atom. The van der Waals surface area contributed by atoms with Crippen molar-refractivity contribution in [1.29, 1.82) is 0 Å². The van der Waals surface area contributed by atoms with Gasteiger partial charge in [-0.3, -0.25) is 0 Å². The van der Waals surface area contributed by atoms with E-state index in [0.29, 0.717) is 0 Å². The van der Waals surface area contributed by atoms with Crippen LogP contribution in [0.3, 0.4) is 0 Å². The highest BCUT2D eigenvalue weighted by Gasteiger charge is 2.23. The quantitative estimate of drug-likeness (QED) is 0.711. The third-order valence-corrected chi connectivity index (χ3v) is 3.12. The molecule has 0 fully saturated rings. The zero-order chi connectivity index (χ0) is 9.35. The van der Waals surface area contributed by atoms with Gasteiger partial charge in [-0.15, -0.1) is 11.3 Å². The summed E-state index contributed by atoms with van der Waals surface area (Å²) in [5, 5.41) is 2.15. The van der Waals surface area contributed by atoms with Gasteiger partial charge in [-0.05, 0) is 29.3 Å². The lowest BCUT2D eigenvalue weighted by Crippen LogP contribution is -2.25. The van der Waals surface area contributed by atoms with Gasteiger partial charge >= 0.3 is 0 Å². The lowest BCUT2D eigenvalue weighted by molar-refractivity contribution is 0.331. The molecule has 0 unspecified atom stereocenters. The van der Waals surface area contributed by atoms with E-state index >= 15 is 0 Å². The molecule has 2 heteroatoms. The van der Waals surface area contributed by atoms with E-state index in [1.165, 1.54) is 10.4 Å². The van der Waals surface area contributed by atoms with Gasteiger partial charge in [0.25, 0.3) is 0 Å². The summed E-state index contributed by atoms with van der Waals surface area (Å²) >= 11 is 1.76. The average molecular weight is 183 g/mol. The molecule has 0 saturated heterocycles. The van der Waals surface area contributed by atoms with Gasteiger partial charge in [0.1, 0.15) is 0 Å². The van der Waals surface area contributed by atoms with Crippen LogP contribution in [0.1, 0.15) is 37.3 Å². The molecule has 1 atom stereocenters. The molecule has 12 heavy (non-hydrogen) atoms. The van der Waals surface area contributed by atoms with Crippen LogP contribution in [0, 0.1) is 12.3 Å². The maximum atomic E-state index is 6.10. The standard InChI is InChI=1S/C10H17NS/c1-7-5-8(12-6-7)9(11)10(2,3)4/h5-6,9H,11H2,1-4H3/t9-/m1/s1. The molecule has 1 rings (SSSR count). The number of nitrogens with two attached hydrogens (primary N) is 1. The third kappa shape index (κ3) is 2.08. The van der Waals surface area contributed by atoms with Crippen molar-refractivity contribution in [3.8, 4) is 0 Å². The minimum Gasteiger partial charge on any atom is -0.323 e. The van der Waals surface area contributed by atoms with Gasteiger partial charge in [0, 0.05) is 10.9 Å². The summed E-state index contributed by atoms with van der Waals surface area (Å²) in [7, 11) is 0. The summed E-state index contributed by atoms with van der Waals surface area (Å²) in [6.45, 7) is 8.63. The molecular formula is C10H17NS. The molecule has 1 nitrogen and oxygen atoms in total. The number of rotatable bonds is 1. The van der Waals surface area contributed by atoms with E-state index in [1.807, 2.05) is 0 Å². The second kappa shape index (κ2) is 3.19. The molecule has 0 aliphatic carbocycles. The maximum Gasteiger partial charge on any atom is 0.0439 e. The minimum atomic E-state index is 0.163. The molecule has 0 aliphatic rings. The third-order valence-electron chi connectivity index (χ3n) is 1.99. The van der Waals surface area contributed by atoms with Crippen LogP contribution in [0.4, 0.5) is 0 Å². The Kier molecular flexibility index (Phi) is 2.59. The first-order valence-corrected chi connectivity index (χ1v) is 5.10. The minimum absolute atomic E-state index is 0.163. The van der Waals surface area contributed by atoms with E-state index in [0.717, 1.165) is 0 Å². The van der Waals surface area contributed by atoms with E-state index < -0.39 is 0 Å². The molecule has 0 aromatic carbocycles. The van der Waals surface area contributed by atoms with Crippen molar-refractivity contribution in [3.05, 3.63) is 21.9 Å². The van der Waals surface area contributed by atoms with Gasteiger partial charge < -0.3 is 5.73 Å². The summed E-state index contributed by atoms with van der Waals surface area (Å²) in [5.74, 6) is 0. The van der Waals surface area contributed by atoms with Crippen LogP contribution in [0.15, 0.2) is 11.4 Å². The summed E-state index contributed by atoms with van der Waals surface area (Å²) in [6, 6.07) is 2.34. The Balaban J connectivity index is 2.85. The van der Waals surface area contributed by atoms with Crippen molar-refractivity contribution in [3.63, 3.8) is 0 Å². The monoisotopic (exact) mass is 183 g/mol. The van der Waals surface area contributed by atoms with Gasteiger partial charge in [0.05, 0.1) is 0 Å². The van der Waals surface area contributed by atoms with E-state index in [1.54, 1.807) is 11.3 Å². The zero-order valence-electron chi connectivity index (χ0n) is 8.22. The van der Waals surface area contributed by atoms with E-state index in [4.69, 9.17) is 5.73 Å². The van der Waals surface area contributed by atoms with E-state index in [2.05, 4.69) is 39.1 Å². The van der Waals surface area contributed by atoms with Crippen LogP contribution in [0.2, 0.25) is 0 Å². The van der Waals surface area contributed by atoms with Crippen LogP contribution in [0.5, 0.6) is 0 Å². The molecule has 0 spiro atoms. The number of aryl methyl sites for hydroxylation is 1. The summed E-state index contributed by atoms with van der Waals surface area (Å²) < 4.78 is 0. The topological polar surface area (TPSA) is 26.0 Å². The predicted octanol–water partition coefficient (Wildman–Crippen LogP) is 3.10. The van der Waals surface area contributed by atoms with Crippen LogP contribution < -0.4 is 5.73 Å². The molecule has 2 N–H and O–H groups in total. The van der Waals surface area contributed by atoms with Gasteiger partial charge in [0.15, 0.2) is 0 Å². The fourth-order valence-corrected chi connectivity index (χ4v) is 2.19. The van der Waals surface area contributed by atoms with Crippen LogP contribution in [-0.2, 0) is 0 Å². The number of hydrogen-bond acceptors (Lipinski definition) is 2. The fourth-order valence-electron chi connectivity index (χ4n) is 1.04. The lowest BCUT2D eigenvalue weighted by atomic mass is 9.86. The smallest absolute Gasteiger partial charge is 0.0439 e. The summed E-state index contributed by atoms with van der Waals surface area (Å²) in [5.41, 5.74) is 7.57. The highest BCUT2D eigenvalue weighted by molar-refractivity contribution is 7.10. The molecule has 68 valence electrons. The Morgan fingerprint density at radius 1 is 1.42 bits per heavy atom. The first-order valence-electron chi connectivity index (χ1n) is 4.22. The average Bonchev–Trinajstić information content (AvgIpc) is 2.32. The van der Waals surface area contributed by atoms with Crippen LogP contribution in [-0.4, -0.2) is 0 Å². The van der Waals surface area contributed by atoms with Crippen molar-refractivity contribution in [2.45, 2.75) is 33.7 Å². The second-order valence-corrected chi connectivity index (χ2v) is 5.31. The molecule has 1 heterocycles. The maximum absolute atomic E-state index is 6.10. The van der Waals surface area contributed by atoms with Crippen molar-refractivity contribution in [2.75, 3.05) is 0 Å². The Hall–Kier alpha value is -0.340. The first kappa shape index (κ1) is 9.75. The molecule has 1 aromatic rings. The van der Waals surface area contributed by atoms with Crippen molar-refractivity contribution >= 4 is 11.3 Å². The lowest BCUT2D eigenvalue weighted by Gasteiger charge is -2.25. The Morgan fingerprint density at radius 3 is 2.33 bits per heavy atom. The number of hydrogen-bond donors (Lipinski definition) is 1. The largest absolute Gasteiger partial charge is 0.323 e. The van der Waals surface area contributed by atoms with Gasteiger partial charge in [-0.25, -0.2) is 0 Å². The summed E-state index contributed by atoms with van der Waals surface area (Å²) in [6.07, 6.45) is 0. The Labute approximate surface area is 78.6 Å². The van der Waals surface area contributed by atoms with E-state index in [-0.39, 0.29) is 11.5 Å². The highest BCUT2D eigenvalue weighted by atomic mass is 32.1. The van der Waals surface area contributed by atoms with Crippen molar-refractivity contribution in [1.82, 2.24) is 0 Å². The zero-order valence-corrected chi connectivity index (χ0v) is 9.03. The molecular weight excluding hydrogens is 166 g/mol. The van der Waals surface area contributed by atoms with Gasteiger partial charge in [0.2, 0.25) is 0 Å². The fraction of sp³-hybridized carbons (Fsp3) is 0.600. The van der Waals surface area contributed by atoms with Crippen molar-refractivity contribution < 1.29 is 0 Å². The predicted molar refractivity (Wildman–Crippen MR) is 55.4 cm³/mol. The van der Waals surface area contributed by atoms with Crippen molar-refractivity contribution in [2.24, 2.45) is 11.1 Å². The second-order valence-electron chi connectivity index (χ2n) is 4.37. The molecule has 0 amide bonds. The molecule has 0 aliphatic heterocycles. The first-order chi connectivity index (χ1) is 5.41. The molecule has 1 aromatic heterocycles. The SMILES string of the molecule is Cc1csc([C@@H](N)C(C)(C)C)c1. The van der Waals surface area contributed by atoms with Crippen LogP contribution >= 0.6 is 11.3 Å². The molecule has 0 bridgehead atoms. The number of thiophene rings is 1. The normalized spacial score (nSPS) is 14.8. The molecule has 0 radical (unpaired) electrons. The Bertz CT molecular complexity index is 257. The van der Waals surface area contributed by atoms with Gasteiger partial charge in [-0.1, -0.05) is 20.8 Å². The van der Waals surface area contributed by atoms with Gasteiger partial charge in [-0.2, -0.15) is 0 Å². The molecule has 0 saturated carbocycles. The van der Waals surface area contributed by atoms with Crippen LogP contribution in [0.25, 0.3) is 0 Å². The highest BCUT2D eigenvalue weighted by Crippen LogP contribution is 2.33. The summed E-state index contributed by atoms with van der Waals surface area (Å²) in [4.78, 5) is 1.29. The van der Waals surface area contributed by atoms with E-state index in [9.17, 15) is 0 Å².